The largest absolute Gasteiger partial charge is 0.481 e. The molecule has 0 saturated carbocycles. The Kier molecular flexibility index (Phi) is 1.92. The normalized spacial score (nSPS) is 28.2. The third kappa shape index (κ3) is 1.64. The van der Waals surface area contributed by atoms with Crippen molar-refractivity contribution in [1.29, 1.82) is 0 Å². The number of carboxylic acids is 1. The van der Waals surface area contributed by atoms with Gasteiger partial charge in [-0.2, -0.15) is 0 Å². The van der Waals surface area contributed by atoms with Crippen LogP contribution in [0.2, 0.25) is 0 Å². The Hall–Kier alpha value is -1.32. The van der Waals surface area contributed by atoms with E-state index in [0.29, 0.717) is 5.57 Å². The minimum atomic E-state index is -0.976. The first-order valence-electron chi connectivity index (χ1n) is 3.57. The van der Waals surface area contributed by atoms with E-state index in [2.05, 4.69) is 0 Å². The molecule has 0 aromatic carbocycles. The van der Waals surface area contributed by atoms with E-state index < -0.39 is 17.5 Å². The van der Waals surface area contributed by atoms with E-state index in [9.17, 15) is 9.59 Å². The topological polar surface area (TPSA) is 63.6 Å². The summed E-state index contributed by atoms with van der Waals surface area (Å²) < 4.78 is 4.86. The highest BCUT2D eigenvalue weighted by atomic mass is 16.6. The lowest BCUT2D eigenvalue weighted by Gasteiger charge is -2.17. The van der Waals surface area contributed by atoms with E-state index in [4.69, 9.17) is 9.84 Å². The third-order valence-electron chi connectivity index (χ3n) is 1.67. The van der Waals surface area contributed by atoms with Gasteiger partial charge in [-0.3, -0.25) is 4.79 Å². The zero-order valence-electron chi connectivity index (χ0n) is 6.96. The molecule has 0 spiro atoms. The molecule has 0 saturated heterocycles. The maximum atomic E-state index is 10.9. The first-order valence-corrected chi connectivity index (χ1v) is 3.57. The maximum Gasteiger partial charge on any atom is 0.334 e. The number of carbonyl (C=O) groups excluding carboxylic acids is 1. The minimum Gasteiger partial charge on any atom is -0.481 e. The summed E-state index contributed by atoms with van der Waals surface area (Å²) in [7, 11) is 0. The first kappa shape index (κ1) is 8.77. The van der Waals surface area contributed by atoms with Crippen molar-refractivity contribution in [1.82, 2.24) is 0 Å². The van der Waals surface area contributed by atoms with Gasteiger partial charge in [0.15, 0.2) is 0 Å². The molecule has 12 heavy (non-hydrogen) atoms. The molecule has 4 heteroatoms. The molecule has 1 atom stereocenters. The Labute approximate surface area is 69.8 Å². The summed E-state index contributed by atoms with van der Waals surface area (Å²) in [4.78, 5) is 21.2. The molecule has 0 bridgehead atoms. The van der Waals surface area contributed by atoms with Crippen molar-refractivity contribution in [3.05, 3.63) is 11.6 Å². The number of aliphatic carboxylic acids is 1. The van der Waals surface area contributed by atoms with Gasteiger partial charge >= 0.3 is 11.9 Å². The van der Waals surface area contributed by atoms with Gasteiger partial charge in [0.05, 0.1) is 6.42 Å². The fraction of sp³-hybridized carbons (Fsp3) is 0.500. The van der Waals surface area contributed by atoms with Crippen LogP contribution in [0.1, 0.15) is 20.3 Å². The van der Waals surface area contributed by atoms with Gasteiger partial charge in [-0.25, -0.2) is 4.79 Å². The predicted molar refractivity (Wildman–Crippen MR) is 40.5 cm³/mol. The third-order valence-corrected chi connectivity index (χ3v) is 1.67. The minimum absolute atomic E-state index is 0.184. The number of cyclic esters (lactones) is 1. The highest BCUT2D eigenvalue weighted by molar-refractivity contribution is 5.91. The second kappa shape index (κ2) is 2.62. The van der Waals surface area contributed by atoms with Crippen LogP contribution in [0.4, 0.5) is 0 Å². The monoisotopic (exact) mass is 170 g/mol. The number of carbonyl (C=O) groups is 2. The van der Waals surface area contributed by atoms with Gasteiger partial charge < -0.3 is 9.84 Å². The van der Waals surface area contributed by atoms with Gasteiger partial charge in [0, 0.05) is 5.57 Å². The Morgan fingerprint density at radius 2 is 2.33 bits per heavy atom. The van der Waals surface area contributed by atoms with E-state index >= 15 is 0 Å². The molecule has 1 heterocycles. The zero-order valence-corrected chi connectivity index (χ0v) is 6.96. The standard InChI is InChI=1S/C8H10O4/c1-5-3-8(2,4-6(9)10)12-7(5)11/h3H,4H2,1-2H3,(H,9,10)/t8-/m1/s1. The first-order chi connectivity index (χ1) is 5.43. The van der Waals surface area contributed by atoms with Crippen molar-refractivity contribution in [3.63, 3.8) is 0 Å². The number of hydrogen-bond donors (Lipinski definition) is 1. The van der Waals surface area contributed by atoms with Crippen molar-refractivity contribution >= 4 is 11.9 Å². The van der Waals surface area contributed by atoms with Crippen LogP contribution in [0, 0.1) is 0 Å². The van der Waals surface area contributed by atoms with Crippen molar-refractivity contribution < 1.29 is 19.4 Å². The smallest absolute Gasteiger partial charge is 0.334 e. The number of rotatable bonds is 2. The zero-order chi connectivity index (χ0) is 9.35. The van der Waals surface area contributed by atoms with Gasteiger partial charge in [0.1, 0.15) is 5.60 Å². The highest BCUT2D eigenvalue weighted by Crippen LogP contribution is 2.27. The lowest BCUT2D eigenvalue weighted by Crippen LogP contribution is -2.27. The summed E-state index contributed by atoms with van der Waals surface area (Å²) in [6.07, 6.45) is 1.36. The van der Waals surface area contributed by atoms with Crippen LogP contribution in [-0.4, -0.2) is 22.6 Å². The van der Waals surface area contributed by atoms with E-state index in [-0.39, 0.29) is 6.42 Å². The van der Waals surface area contributed by atoms with Crippen molar-refractivity contribution in [3.8, 4) is 0 Å². The van der Waals surface area contributed by atoms with Crippen LogP contribution in [0.3, 0.4) is 0 Å². The molecule has 0 aromatic heterocycles. The van der Waals surface area contributed by atoms with E-state index in [1.54, 1.807) is 19.9 Å². The molecule has 1 aliphatic heterocycles. The summed E-state index contributed by atoms with van der Waals surface area (Å²) in [5.41, 5.74) is -0.480. The molecular weight excluding hydrogens is 160 g/mol. The predicted octanol–water partition coefficient (Wildman–Crippen LogP) is 0.723. The fourth-order valence-corrected chi connectivity index (χ4v) is 1.23. The van der Waals surface area contributed by atoms with Gasteiger partial charge in [-0.05, 0) is 19.9 Å². The van der Waals surface area contributed by atoms with Crippen LogP contribution in [0.5, 0.6) is 0 Å². The van der Waals surface area contributed by atoms with Crippen LogP contribution in [-0.2, 0) is 14.3 Å². The summed E-state index contributed by atoms with van der Waals surface area (Å²) >= 11 is 0. The molecule has 0 amide bonds. The summed E-state index contributed by atoms with van der Waals surface area (Å²) in [5, 5.41) is 8.49. The fourth-order valence-electron chi connectivity index (χ4n) is 1.23. The SMILES string of the molecule is CC1=C[C@](C)(CC(=O)O)OC1=O. The Morgan fingerprint density at radius 1 is 1.75 bits per heavy atom. The molecule has 66 valence electrons. The molecule has 0 fully saturated rings. The Bertz CT molecular complexity index is 266. The van der Waals surface area contributed by atoms with Crippen LogP contribution in [0.25, 0.3) is 0 Å². The van der Waals surface area contributed by atoms with Crippen LogP contribution >= 0.6 is 0 Å². The molecule has 0 aliphatic carbocycles. The Balaban J connectivity index is 2.77. The van der Waals surface area contributed by atoms with Crippen LogP contribution in [0.15, 0.2) is 11.6 Å². The van der Waals surface area contributed by atoms with Gasteiger partial charge in [0.25, 0.3) is 0 Å². The Morgan fingerprint density at radius 3 is 2.67 bits per heavy atom. The molecular formula is C8H10O4. The van der Waals surface area contributed by atoms with Gasteiger partial charge in [0.2, 0.25) is 0 Å². The molecule has 1 N–H and O–H groups in total. The second-order valence-electron chi connectivity index (χ2n) is 3.10. The maximum absolute atomic E-state index is 10.9. The summed E-state index contributed by atoms with van der Waals surface area (Å²) in [6.45, 7) is 3.19. The number of hydrogen-bond acceptors (Lipinski definition) is 3. The van der Waals surface area contributed by atoms with Crippen molar-refractivity contribution in [2.45, 2.75) is 25.9 Å². The second-order valence-corrected chi connectivity index (χ2v) is 3.10. The van der Waals surface area contributed by atoms with E-state index in [0.717, 1.165) is 0 Å². The van der Waals surface area contributed by atoms with E-state index in [1.165, 1.54) is 0 Å². The van der Waals surface area contributed by atoms with Crippen LogP contribution < -0.4 is 0 Å². The molecule has 0 unspecified atom stereocenters. The molecule has 1 rings (SSSR count). The number of carboxylic acid groups (broad SMARTS) is 1. The molecule has 0 aromatic rings. The van der Waals surface area contributed by atoms with Crippen molar-refractivity contribution in [2.75, 3.05) is 0 Å². The van der Waals surface area contributed by atoms with E-state index in [1.807, 2.05) is 0 Å². The summed E-state index contributed by atoms with van der Waals surface area (Å²) in [5.74, 6) is -1.41. The molecule has 4 nitrogen and oxygen atoms in total. The average Bonchev–Trinajstić information content (AvgIpc) is 2.04. The number of esters is 1. The lowest BCUT2D eigenvalue weighted by molar-refractivity contribution is -0.151. The molecule has 0 radical (unpaired) electrons. The molecule has 1 aliphatic rings. The highest BCUT2D eigenvalue weighted by Gasteiger charge is 2.35. The summed E-state index contributed by atoms with van der Waals surface area (Å²) in [6, 6.07) is 0. The lowest BCUT2D eigenvalue weighted by atomic mass is 10.0. The van der Waals surface area contributed by atoms with Gasteiger partial charge in [-0.15, -0.1) is 0 Å². The van der Waals surface area contributed by atoms with Crippen molar-refractivity contribution in [2.24, 2.45) is 0 Å². The number of ether oxygens (including phenoxy) is 1. The van der Waals surface area contributed by atoms with Gasteiger partial charge in [-0.1, -0.05) is 0 Å². The average molecular weight is 170 g/mol. The quantitative estimate of drug-likeness (QED) is 0.620.